The third kappa shape index (κ3) is 4.52. The molecule has 0 radical (unpaired) electrons. The van der Waals surface area contributed by atoms with Gasteiger partial charge < -0.3 is 9.30 Å². The quantitative estimate of drug-likeness (QED) is 0.368. The van der Waals surface area contributed by atoms with Gasteiger partial charge in [-0.05, 0) is 30.3 Å². The number of nitrogens with one attached hydrogen (secondary N) is 2. The van der Waals surface area contributed by atoms with Gasteiger partial charge in [0.05, 0.1) is 34.9 Å². The molecule has 0 aliphatic carbocycles. The second-order valence-corrected chi connectivity index (χ2v) is 7.91. The molecule has 1 amide bonds. The SMILES string of the molecule is COc1ccc2c(n1)c(=O)c(C(=O)NNc1c(Cl)cccc1Cl)cn2Cc1c(F)cccc1F. The van der Waals surface area contributed by atoms with Crippen molar-refractivity contribution in [3.8, 4) is 5.88 Å². The Bertz CT molecular complexity index is 1440. The molecule has 0 atom stereocenters. The molecule has 0 aliphatic heterocycles. The largest absolute Gasteiger partial charge is 0.481 e. The fraction of sp³-hybridized carbons (Fsp3) is 0.0870. The maximum Gasteiger partial charge on any atom is 0.275 e. The maximum absolute atomic E-state index is 14.3. The number of anilines is 1. The minimum Gasteiger partial charge on any atom is -0.481 e. The second-order valence-electron chi connectivity index (χ2n) is 7.10. The van der Waals surface area contributed by atoms with Crippen molar-refractivity contribution in [3.63, 3.8) is 0 Å². The molecule has 4 aromatic rings. The van der Waals surface area contributed by atoms with Crippen LogP contribution in [0.3, 0.4) is 0 Å². The highest BCUT2D eigenvalue weighted by molar-refractivity contribution is 6.39. The molecule has 0 fully saturated rings. The summed E-state index contributed by atoms with van der Waals surface area (Å²) in [7, 11) is 1.37. The third-order valence-corrected chi connectivity index (χ3v) is 5.64. The Morgan fingerprint density at radius 1 is 1.06 bits per heavy atom. The van der Waals surface area contributed by atoms with Crippen LogP contribution < -0.4 is 21.0 Å². The first-order valence-electron chi connectivity index (χ1n) is 9.81. The molecule has 2 N–H and O–H groups in total. The number of hydrogen-bond donors (Lipinski definition) is 2. The van der Waals surface area contributed by atoms with Crippen LogP contribution in [0.5, 0.6) is 5.88 Å². The Hall–Kier alpha value is -3.69. The highest BCUT2D eigenvalue weighted by atomic mass is 35.5. The number of hydrazine groups is 1. The number of nitrogens with zero attached hydrogens (tertiary/aromatic N) is 2. The minimum absolute atomic E-state index is 0.112. The van der Waals surface area contributed by atoms with Crippen molar-refractivity contribution in [2.24, 2.45) is 0 Å². The molecule has 7 nitrogen and oxygen atoms in total. The number of carbonyl (C=O) groups excluding carboxylic acids is 1. The Balaban J connectivity index is 1.79. The maximum atomic E-state index is 14.3. The van der Waals surface area contributed by atoms with Crippen molar-refractivity contribution in [3.05, 3.63) is 97.8 Å². The van der Waals surface area contributed by atoms with E-state index in [1.165, 1.54) is 36.1 Å². The van der Waals surface area contributed by atoms with E-state index in [0.29, 0.717) is 0 Å². The average Bonchev–Trinajstić information content (AvgIpc) is 2.82. The van der Waals surface area contributed by atoms with Crippen LogP contribution in [0.15, 0.2) is 59.5 Å². The van der Waals surface area contributed by atoms with Crippen LogP contribution in [0.2, 0.25) is 10.0 Å². The van der Waals surface area contributed by atoms with Gasteiger partial charge in [-0.1, -0.05) is 35.3 Å². The van der Waals surface area contributed by atoms with E-state index in [1.54, 1.807) is 18.2 Å². The van der Waals surface area contributed by atoms with Crippen LogP contribution in [-0.4, -0.2) is 22.6 Å². The van der Waals surface area contributed by atoms with Gasteiger partial charge in [0.15, 0.2) is 0 Å². The summed E-state index contributed by atoms with van der Waals surface area (Å²) in [5.41, 5.74) is 4.05. The summed E-state index contributed by atoms with van der Waals surface area (Å²) in [4.78, 5) is 30.2. The van der Waals surface area contributed by atoms with Crippen molar-refractivity contribution in [1.82, 2.24) is 15.0 Å². The lowest BCUT2D eigenvalue weighted by Gasteiger charge is -2.15. The summed E-state index contributed by atoms with van der Waals surface area (Å²) in [6.45, 7) is -0.298. The molecule has 0 spiro atoms. The van der Waals surface area contributed by atoms with Crippen LogP contribution >= 0.6 is 23.2 Å². The van der Waals surface area contributed by atoms with E-state index in [0.717, 1.165) is 12.1 Å². The molecule has 0 saturated heterocycles. The zero-order valence-electron chi connectivity index (χ0n) is 17.5. The van der Waals surface area contributed by atoms with E-state index in [2.05, 4.69) is 15.8 Å². The van der Waals surface area contributed by atoms with Crippen molar-refractivity contribution in [2.75, 3.05) is 12.5 Å². The van der Waals surface area contributed by atoms with E-state index < -0.39 is 23.0 Å². The molecule has 0 unspecified atom stereocenters. The summed E-state index contributed by atoms with van der Waals surface area (Å²) in [6, 6.07) is 11.2. The number of hydrogen-bond acceptors (Lipinski definition) is 5. The molecule has 0 aliphatic rings. The number of pyridine rings is 2. The van der Waals surface area contributed by atoms with Gasteiger partial charge in [0, 0.05) is 17.8 Å². The number of para-hydroxylation sites is 1. The van der Waals surface area contributed by atoms with Crippen LogP contribution in [0, 0.1) is 11.6 Å². The van der Waals surface area contributed by atoms with Crippen LogP contribution in [0.25, 0.3) is 11.0 Å². The Morgan fingerprint density at radius 2 is 1.71 bits per heavy atom. The molecule has 0 saturated carbocycles. The van der Waals surface area contributed by atoms with E-state index in [-0.39, 0.29) is 50.3 Å². The molecular weight excluding hydrogens is 489 g/mol. The van der Waals surface area contributed by atoms with Crippen molar-refractivity contribution < 1.29 is 18.3 Å². The average molecular weight is 505 g/mol. The molecule has 11 heteroatoms. The zero-order valence-corrected chi connectivity index (χ0v) is 19.0. The Kier molecular flexibility index (Phi) is 6.67. The number of aromatic nitrogens is 2. The van der Waals surface area contributed by atoms with E-state index in [1.807, 2.05) is 0 Å². The van der Waals surface area contributed by atoms with Crippen molar-refractivity contribution in [1.29, 1.82) is 0 Å². The smallest absolute Gasteiger partial charge is 0.275 e. The van der Waals surface area contributed by atoms with Gasteiger partial charge in [-0.2, -0.15) is 0 Å². The molecule has 2 heterocycles. The number of benzene rings is 2. The summed E-state index contributed by atoms with van der Waals surface area (Å²) in [5.74, 6) is -2.24. The van der Waals surface area contributed by atoms with Crippen LogP contribution in [0.1, 0.15) is 15.9 Å². The molecule has 174 valence electrons. The first-order chi connectivity index (χ1) is 16.3. The van der Waals surface area contributed by atoms with Gasteiger partial charge >= 0.3 is 0 Å². The highest BCUT2D eigenvalue weighted by Crippen LogP contribution is 2.29. The molecule has 0 bridgehead atoms. The lowest BCUT2D eigenvalue weighted by atomic mass is 10.1. The van der Waals surface area contributed by atoms with Crippen molar-refractivity contribution in [2.45, 2.75) is 6.54 Å². The number of halogens is 4. The van der Waals surface area contributed by atoms with Gasteiger partial charge in [-0.15, -0.1) is 0 Å². The van der Waals surface area contributed by atoms with Gasteiger partial charge in [0.1, 0.15) is 22.7 Å². The van der Waals surface area contributed by atoms with E-state index in [4.69, 9.17) is 27.9 Å². The highest BCUT2D eigenvalue weighted by Gasteiger charge is 2.19. The summed E-state index contributed by atoms with van der Waals surface area (Å²) >= 11 is 12.2. The van der Waals surface area contributed by atoms with Gasteiger partial charge in [0.25, 0.3) is 5.91 Å². The minimum atomic E-state index is -0.838. The summed E-state index contributed by atoms with van der Waals surface area (Å²) < 4.78 is 35.1. The number of methoxy groups -OCH3 is 1. The summed E-state index contributed by atoms with van der Waals surface area (Å²) in [6.07, 6.45) is 1.20. The van der Waals surface area contributed by atoms with Gasteiger partial charge in [-0.25, -0.2) is 13.8 Å². The molecule has 34 heavy (non-hydrogen) atoms. The lowest BCUT2D eigenvalue weighted by Crippen LogP contribution is -2.34. The topological polar surface area (TPSA) is 85.2 Å². The number of rotatable bonds is 6. The second kappa shape index (κ2) is 9.66. The van der Waals surface area contributed by atoms with Crippen LogP contribution in [0.4, 0.5) is 14.5 Å². The predicted molar refractivity (Wildman–Crippen MR) is 126 cm³/mol. The zero-order chi connectivity index (χ0) is 24.4. The Morgan fingerprint density at radius 3 is 2.35 bits per heavy atom. The molecular formula is C23H16Cl2F2N4O3. The molecule has 2 aromatic heterocycles. The third-order valence-electron chi connectivity index (χ3n) is 5.01. The number of ether oxygens (including phenoxy) is 1. The van der Waals surface area contributed by atoms with Gasteiger partial charge in [-0.3, -0.25) is 20.4 Å². The predicted octanol–water partition coefficient (Wildman–Crippen LogP) is 4.80. The molecule has 2 aromatic carbocycles. The first-order valence-corrected chi connectivity index (χ1v) is 10.6. The number of carbonyl (C=O) groups is 1. The van der Waals surface area contributed by atoms with E-state index in [9.17, 15) is 18.4 Å². The normalized spacial score (nSPS) is 10.9. The fourth-order valence-corrected chi connectivity index (χ4v) is 3.80. The summed E-state index contributed by atoms with van der Waals surface area (Å²) in [5, 5.41) is 0.482. The van der Waals surface area contributed by atoms with Gasteiger partial charge in [0.2, 0.25) is 11.3 Å². The van der Waals surface area contributed by atoms with Crippen LogP contribution in [-0.2, 0) is 6.54 Å². The number of fused-ring (bicyclic) bond motifs is 1. The first kappa shape index (κ1) is 23.5. The lowest BCUT2D eigenvalue weighted by molar-refractivity contribution is 0.0961. The van der Waals surface area contributed by atoms with E-state index >= 15 is 0 Å². The monoisotopic (exact) mass is 504 g/mol. The molecule has 4 rings (SSSR count). The van der Waals surface area contributed by atoms with Crippen molar-refractivity contribution >= 4 is 45.8 Å². The number of amides is 1. The standard InChI is InChI=1S/C23H16Cl2F2N4O3/c1-34-19-9-8-18-21(28-19)22(32)13(11-31(18)10-12-16(26)6-3-7-17(12)27)23(33)30-29-20-14(24)4-2-5-15(20)25/h2-9,11,29H,10H2,1H3,(H,30,33). The fourth-order valence-electron chi connectivity index (χ4n) is 3.31. The Labute approximate surface area is 201 Å².